The van der Waals surface area contributed by atoms with Crippen LogP contribution in [0.3, 0.4) is 0 Å². The summed E-state index contributed by atoms with van der Waals surface area (Å²) in [5, 5.41) is 0.680. The second-order valence-electron chi connectivity index (χ2n) is 11.2. The van der Waals surface area contributed by atoms with Gasteiger partial charge in [-0.05, 0) is 81.6 Å². The Kier molecular flexibility index (Phi) is 8.69. The van der Waals surface area contributed by atoms with Crippen LogP contribution in [0, 0.1) is 11.8 Å². The SMILES string of the molecule is CN(C)c1cc(S(C)(=O)=O)ccc1OCC#Cc1cc2c(C3(N)CCC(N(C)C)CC3)cccc2n1CC(F)(F)F. The number of aromatic nitrogens is 1. The first-order valence-electron chi connectivity index (χ1n) is 13.4. The smallest absolute Gasteiger partial charge is 0.406 e. The fourth-order valence-electron chi connectivity index (χ4n) is 5.52. The lowest BCUT2D eigenvalue weighted by molar-refractivity contribution is -0.140. The summed E-state index contributed by atoms with van der Waals surface area (Å²) in [6, 6.07) is 12.0. The predicted octanol–water partition coefficient (Wildman–Crippen LogP) is 4.76. The van der Waals surface area contributed by atoms with Crippen molar-refractivity contribution in [2.45, 2.75) is 54.9 Å². The Morgan fingerprint density at radius 2 is 1.78 bits per heavy atom. The lowest BCUT2D eigenvalue weighted by Gasteiger charge is -2.40. The molecule has 0 atom stereocenters. The van der Waals surface area contributed by atoms with Crippen LogP contribution in [0.1, 0.15) is 36.9 Å². The summed E-state index contributed by atoms with van der Waals surface area (Å²) in [6.07, 6.45) is -0.0246. The Morgan fingerprint density at radius 1 is 1.10 bits per heavy atom. The Bertz CT molecular complexity index is 1580. The van der Waals surface area contributed by atoms with Crippen LogP contribution >= 0.6 is 0 Å². The zero-order valence-electron chi connectivity index (χ0n) is 24.0. The first kappa shape index (κ1) is 30.8. The van der Waals surface area contributed by atoms with Crippen LogP contribution in [0.25, 0.3) is 10.9 Å². The molecule has 0 amide bonds. The zero-order valence-corrected chi connectivity index (χ0v) is 24.9. The molecule has 0 aliphatic heterocycles. The van der Waals surface area contributed by atoms with Gasteiger partial charge in [0.1, 0.15) is 18.9 Å². The van der Waals surface area contributed by atoms with Crippen molar-refractivity contribution in [3.05, 3.63) is 53.7 Å². The molecule has 1 fully saturated rings. The first-order chi connectivity index (χ1) is 19.1. The van der Waals surface area contributed by atoms with Gasteiger partial charge in [0.05, 0.1) is 16.3 Å². The lowest BCUT2D eigenvalue weighted by atomic mass is 9.74. The van der Waals surface area contributed by atoms with E-state index in [1.807, 2.05) is 20.2 Å². The Hall–Kier alpha value is -3.20. The molecule has 11 heteroatoms. The molecule has 1 saturated carbocycles. The molecule has 0 spiro atoms. The topological polar surface area (TPSA) is 80.8 Å². The van der Waals surface area contributed by atoms with Crippen molar-refractivity contribution < 1.29 is 26.3 Å². The van der Waals surface area contributed by atoms with Crippen molar-refractivity contribution in [1.29, 1.82) is 0 Å². The average molecular weight is 591 g/mol. The Morgan fingerprint density at radius 3 is 2.37 bits per heavy atom. The van der Waals surface area contributed by atoms with Gasteiger partial charge in [-0.1, -0.05) is 18.1 Å². The van der Waals surface area contributed by atoms with Crippen LogP contribution in [0.4, 0.5) is 18.9 Å². The van der Waals surface area contributed by atoms with Crippen molar-refractivity contribution in [3.63, 3.8) is 0 Å². The van der Waals surface area contributed by atoms with Gasteiger partial charge < -0.3 is 24.8 Å². The van der Waals surface area contributed by atoms with E-state index in [2.05, 4.69) is 16.7 Å². The minimum atomic E-state index is -4.44. The van der Waals surface area contributed by atoms with E-state index in [1.54, 1.807) is 43.3 Å². The van der Waals surface area contributed by atoms with E-state index in [4.69, 9.17) is 10.5 Å². The summed E-state index contributed by atoms with van der Waals surface area (Å²) in [6.45, 7) is -1.28. The number of benzene rings is 2. The number of hydrogen-bond donors (Lipinski definition) is 1. The molecule has 1 aliphatic carbocycles. The molecular weight excluding hydrogens is 553 g/mol. The van der Waals surface area contributed by atoms with Crippen LogP contribution in [0.5, 0.6) is 5.75 Å². The molecule has 4 rings (SSSR count). The summed E-state index contributed by atoms with van der Waals surface area (Å²) in [5.41, 5.74) is 8.32. The average Bonchev–Trinajstić information content (AvgIpc) is 3.21. The molecule has 1 heterocycles. The molecule has 1 aliphatic rings. The molecule has 2 N–H and O–H groups in total. The molecule has 0 unspecified atom stereocenters. The molecule has 1 aromatic heterocycles. The van der Waals surface area contributed by atoms with E-state index in [0.29, 0.717) is 28.4 Å². The molecule has 7 nitrogen and oxygen atoms in total. The number of anilines is 1. The van der Waals surface area contributed by atoms with Crippen LogP contribution in [-0.4, -0.2) is 71.2 Å². The molecule has 41 heavy (non-hydrogen) atoms. The second kappa shape index (κ2) is 11.6. The number of ether oxygens (including phenoxy) is 1. The van der Waals surface area contributed by atoms with Gasteiger partial charge in [0.15, 0.2) is 9.84 Å². The van der Waals surface area contributed by atoms with Gasteiger partial charge >= 0.3 is 6.18 Å². The number of alkyl halides is 3. The predicted molar refractivity (Wildman–Crippen MR) is 156 cm³/mol. The molecule has 0 saturated heterocycles. The van der Waals surface area contributed by atoms with Crippen molar-refractivity contribution in [3.8, 4) is 17.6 Å². The third-order valence-corrected chi connectivity index (χ3v) is 8.86. The largest absolute Gasteiger partial charge is 0.479 e. The minimum absolute atomic E-state index is 0.105. The van der Waals surface area contributed by atoms with Crippen molar-refractivity contribution >= 4 is 26.4 Å². The molecular formula is C30H37F3N4O3S. The highest BCUT2D eigenvalue weighted by Crippen LogP contribution is 2.40. The number of halogens is 3. The number of sulfone groups is 1. The first-order valence-corrected chi connectivity index (χ1v) is 15.3. The third-order valence-electron chi connectivity index (χ3n) is 7.75. The summed E-state index contributed by atoms with van der Waals surface area (Å²) in [4.78, 5) is 4.06. The van der Waals surface area contributed by atoms with Crippen LogP contribution < -0.4 is 15.4 Å². The number of nitrogens with zero attached hydrogens (tertiary/aromatic N) is 3. The lowest BCUT2D eigenvalue weighted by Crippen LogP contribution is -2.44. The highest BCUT2D eigenvalue weighted by Gasteiger charge is 2.36. The zero-order chi connectivity index (χ0) is 30.2. The summed E-state index contributed by atoms with van der Waals surface area (Å²) < 4.78 is 71.9. The van der Waals surface area contributed by atoms with Crippen LogP contribution in [0.15, 0.2) is 47.4 Å². The van der Waals surface area contributed by atoms with E-state index >= 15 is 0 Å². The summed E-state index contributed by atoms with van der Waals surface area (Å²) in [7, 11) is 4.20. The van der Waals surface area contributed by atoms with E-state index in [0.717, 1.165) is 37.5 Å². The molecule has 3 aromatic rings. The maximum absolute atomic E-state index is 13.7. The quantitative estimate of drug-likeness (QED) is 0.400. The van der Waals surface area contributed by atoms with Crippen LogP contribution in [0.2, 0.25) is 0 Å². The maximum Gasteiger partial charge on any atom is 0.406 e. The van der Waals surface area contributed by atoms with Crippen molar-refractivity contribution in [2.24, 2.45) is 5.73 Å². The van der Waals surface area contributed by atoms with Gasteiger partial charge in [0.2, 0.25) is 0 Å². The number of rotatable bonds is 7. The molecule has 2 aromatic carbocycles. The number of fused-ring (bicyclic) bond motifs is 1. The van der Waals surface area contributed by atoms with Gasteiger partial charge in [-0.25, -0.2) is 8.42 Å². The third kappa shape index (κ3) is 7.00. The Labute approximate surface area is 240 Å². The molecule has 0 radical (unpaired) electrons. The van der Waals surface area contributed by atoms with E-state index in [1.165, 1.54) is 16.7 Å². The van der Waals surface area contributed by atoms with Gasteiger partial charge in [0.25, 0.3) is 0 Å². The fourth-order valence-corrected chi connectivity index (χ4v) is 6.16. The molecule has 0 bridgehead atoms. The summed E-state index contributed by atoms with van der Waals surface area (Å²) >= 11 is 0. The van der Waals surface area contributed by atoms with Crippen molar-refractivity contribution in [2.75, 3.05) is 46.0 Å². The highest BCUT2D eigenvalue weighted by molar-refractivity contribution is 7.90. The normalized spacial score (nSPS) is 19.7. The van der Waals surface area contributed by atoms with Crippen LogP contribution in [-0.2, 0) is 21.9 Å². The fraction of sp³-hybridized carbons (Fsp3) is 0.467. The van der Waals surface area contributed by atoms with Gasteiger partial charge in [0, 0.05) is 42.8 Å². The highest BCUT2D eigenvalue weighted by atomic mass is 32.2. The van der Waals surface area contributed by atoms with Gasteiger partial charge in [-0.2, -0.15) is 13.2 Å². The minimum Gasteiger partial charge on any atom is -0.479 e. The number of nitrogens with two attached hydrogens (primary N) is 1. The monoisotopic (exact) mass is 590 g/mol. The standard InChI is InChI=1S/C30H37F3N4O3S/c1-35(2)21-13-15-29(34,16-14-21)25-9-6-10-26-24(25)18-22(37(26)20-30(31,32)33)8-7-17-40-28-12-11-23(41(5,38)39)19-27(28)36(3)4/h6,9-12,18-19,21H,13-17,20,34H2,1-5H3. The van der Waals surface area contributed by atoms with E-state index in [9.17, 15) is 21.6 Å². The molecule has 222 valence electrons. The Balaban J connectivity index is 1.66. The summed E-state index contributed by atoms with van der Waals surface area (Å²) in [5.74, 6) is 6.13. The van der Waals surface area contributed by atoms with Gasteiger partial charge in [-0.15, -0.1) is 0 Å². The maximum atomic E-state index is 13.7. The van der Waals surface area contributed by atoms with E-state index in [-0.39, 0.29) is 17.2 Å². The number of hydrogen-bond acceptors (Lipinski definition) is 6. The van der Waals surface area contributed by atoms with Crippen molar-refractivity contribution in [1.82, 2.24) is 9.47 Å². The van der Waals surface area contributed by atoms with E-state index < -0.39 is 28.1 Å². The second-order valence-corrected chi connectivity index (χ2v) is 13.2. The van der Waals surface area contributed by atoms with Gasteiger partial charge in [-0.3, -0.25) is 0 Å².